The molecule has 3 aromatic rings. The number of nitrogens with one attached hydrogen (secondary N) is 1. The average molecular weight is 351 g/mol. The fourth-order valence-corrected chi connectivity index (χ4v) is 3.66. The number of carbonyl (C=O) groups is 1. The maximum Gasteiger partial charge on any atom is 0.325 e. The van der Waals surface area contributed by atoms with Crippen molar-refractivity contribution in [3.05, 3.63) is 54.5 Å². The Morgan fingerprint density at radius 1 is 1.08 bits per heavy atom. The molecule has 0 radical (unpaired) electrons. The van der Waals surface area contributed by atoms with Gasteiger partial charge in [-0.2, -0.15) is 0 Å². The quantitative estimate of drug-likeness (QED) is 0.750. The smallest absolute Gasteiger partial charge is 0.325 e. The molecule has 1 unspecified atom stereocenters. The van der Waals surface area contributed by atoms with E-state index < -0.39 is 12.0 Å². The molecule has 1 aromatic carbocycles. The maximum absolute atomic E-state index is 12.1. The fraction of sp³-hybridized carbons (Fsp3) is 0.316. The van der Waals surface area contributed by atoms with Gasteiger partial charge in [-0.3, -0.25) is 9.69 Å². The highest BCUT2D eigenvalue weighted by Crippen LogP contribution is 2.29. The van der Waals surface area contributed by atoms with Crippen LogP contribution in [0.4, 0.5) is 5.95 Å². The molecule has 1 atom stereocenters. The minimum atomic E-state index is -0.820. The van der Waals surface area contributed by atoms with Crippen LogP contribution in [-0.2, 0) is 4.79 Å². The zero-order valence-electron chi connectivity index (χ0n) is 14.4. The van der Waals surface area contributed by atoms with Gasteiger partial charge in [-0.25, -0.2) is 9.97 Å². The molecule has 7 heteroatoms. The standard InChI is InChI=1S/C19H21N5O2/c25-18(26)17(15-13-22-16-6-2-1-5-14(15)16)23-9-4-10-24(12-11-23)19-20-7-3-8-21-19/h1-3,5-8,13,17,22H,4,9-12H2,(H,25,26). The van der Waals surface area contributed by atoms with Gasteiger partial charge in [0.2, 0.25) is 5.95 Å². The number of hydrogen-bond donors (Lipinski definition) is 2. The summed E-state index contributed by atoms with van der Waals surface area (Å²) in [5.74, 6) is -0.118. The number of benzene rings is 1. The Morgan fingerprint density at radius 2 is 1.88 bits per heavy atom. The minimum absolute atomic E-state index is 0.648. The summed E-state index contributed by atoms with van der Waals surface area (Å²) in [6.45, 7) is 2.89. The van der Waals surface area contributed by atoms with Crippen molar-refractivity contribution in [1.29, 1.82) is 0 Å². The number of H-pyrrole nitrogens is 1. The predicted molar refractivity (Wildman–Crippen MR) is 99.1 cm³/mol. The number of para-hydroxylation sites is 1. The fourth-order valence-electron chi connectivity index (χ4n) is 3.66. The van der Waals surface area contributed by atoms with Crippen LogP contribution < -0.4 is 4.90 Å². The van der Waals surface area contributed by atoms with E-state index in [1.54, 1.807) is 18.5 Å². The van der Waals surface area contributed by atoms with E-state index >= 15 is 0 Å². The number of nitrogens with zero attached hydrogens (tertiary/aromatic N) is 4. The number of hydrogen-bond acceptors (Lipinski definition) is 5. The second-order valence-electron chi connectivity index (χ2n) is 6.46. The molecule has 1 fully saturated rings. The summed E-state index contributed by atoms with van der Waals surface area (Å²) in [5.41, 5.74) is 1.78. The number of carboxylic acids is 1. The van der Waals surface area contributed by atoms with Crippen molar-refractivity contribution in [2.75, 3.05) is 31.1 Å². The normalized spacial score (nSPS) is 17.2. The summed E-state index contributed by atoms with van der Waals surface area (Å²) in [6, 6.07) is 8.96. The minimum Gasteiger partial charge on any atom is -0.480 e. The van der Waals surface area contributed by atoms with E-state index in [-0.39, 0.29) is 0 Å². The van der Waals surface area contributed by atoms with Crippen LogP contribution in [0.2, 0.25) is 0 Å². The van der Waals surface area contributed by atoms with Crippen LogP contribution >= 0.6 is 0 Å². The topological polar surface area (TPSA) is 85.4 Å². The SMILES string of the molecule is O=C(O)C(c1c[nH]c2ccccc12)N1CCCN(c2ncccn2)CC1. The molecule has 26 heavy (non-hydrogen) atoms. The first kappa shape index (κ1) is 16.5. The lowest BCUT2D eigenvalue weighted by molar-refractivity contribution is -0.143. The molecule has 0 saturated carbocycles. The molecule has 1 aliphatic rings. The Hall–Kier alpha value is -2.93. The number of aliphatic carboxylic acids is 1. The largest absolute Gasteiger partial charge is 0.480 e. The zero-order valence-corrected chi connectivity index (χ0v) is 14.4. The predicted octanol–water partition coefficient (Wildman–Crippen LogP) is 2.30. The Morgan fingerprint density at radius 3 is 2.69 bits per heavy atom. The summed E-state index contributed by atoms with van der Waals surface area (Å²) < 4.78 is 0. The van der Waals surface area contributed by atoms with Crippen molar-refractivity contribution in [3.8, 4) is 0 Å². The van der Waals surface area contributed by atoms with Gasteiger partial charge in [-0.1, -0.05) is 18.2 Å². The molecule has 0 amide bonds. The van der Waals surface area contributed by atoms with Crippen LogP contribution in [0.3, 0.4) is 0 Å². The second-order valence-corrected chi connectivity index (χ2v) is 6.46. The Bertz CT molecular complexity index is 895. The van der Waals surface area contributed by atoms with Crippen molar-refractivity contribution in [2.24, 2.45) is 0 Å². The highest BCUT2D eigenvalue weighted by Gasteiger charge is 2.31. The molecule has 7 nitrogen and oxygen atoms in total. The molecular weight excluding hydrogens is 330 g/mol. The number of aromatic amines is 1. The van der Waals surface area contributed by atoms with Crippen LogP contribution in [0.25, 0.3) is 10.9 Å². The monoisotopic (exact) mass is 351 g/mol. The van der Waals surface area contributed by atoms with Gasteiger partial charge in [0.05, 0.1) is 0 Å². The van der Waals surface area contributed by atoms with Gasteiger partial charge >= 0.3 is 5.97 Å². The van der Waals surface area contributed by atoms with Gasteiger partial charge in [0.1, 0.15) is 6.04 Å². The van der Waals surface area contributed by atoms with Crippen LogP contribution in [0, 0.1) is 0 Å². The zero-order chi connectivity index (χ0) is 17.9. The number of fused-ring (bicyclic) bond motifs is 1. The van der Waals surface area contributed by atoms with Gasteiger partial charge in [-0.05, 0) is 18.6 Å². The number of rotatable bonds is 4. The lowest BCUT2D eigenvalue weighted by Gasteiger charge is -2.27. The lowest BCUT2D eigenvalue weighted by atomic mass is 10.0. The van der Waals surface area contributed by atoms with Crippen LogP contribution in [0.5, 0.6) is 0 Å². The van der Waals surface area contributed by atoms with Gasteiger partial charge in [-0.15, -0.1) is 0 Å². The molecule has 1 saturated heterocycles. The van der Waals surface area contributed by atoms with E-state index in [2.05, 4.69) is 19.9 Å². The van der Waals surface area contributed by atoms with E-state index in [0.717, 1.165) is 36.0 Å². The van der Waals surface area contributed by atoms with Crippen molar-refractivity contribution < 1.29 is 9.90 Å². The van der Waals surface area contributed by atoms with Crippen molar-refractivity contribution >= 4 is 22.8 Å². The van der Waals surface area contributed by atoms with E-state index in [1.165, 1.54) is 0 Å². The van der Waals surface area contributed by atoms with Crippen LogP contribution in [-0.4, -0.2) is 57.1 Å². The van der Waals surface area contributed by atoms with Gasteiger partial charge in [0, 0.05) is 61.2 Å². The average Bonchev–Trinajstić information content (AvgIpc) is 2.93. The van der Waals surface area contributed by atoms with Crippen molar-refractivity contribution in [3.63, 3.8) is 0 Å². The Balaban J connectivity index is 1.59. The summed E-state index contributed by atoms with van der Waals surface area (Å²) in [6.07, 6.45) is 6.16. The first-order chi connectivity index (χ1) is 12.7. The third-order valence-corrected chi connectivity index (χ3v) is 4.88. The van der Waals surface area contributed by atoms with Gasteiger partial charge in [0.15, 0.2) is 0 Å². The third-order valence-electron chi connectivity index (χ3n) is 4.88. The highest BCUT2D eigenvalue weighted by molar-refractivity contribution is 5.89. The molecule has 1 aliphatic heterocycles. The summed E-state index contributed by atoms with van der Waals surface area (Å²) in [4.78, 5) is 28.1. The molecule has 0 spiro atoms. The maximum atomic E-state index is 12.1. The Kier molecular flexibility index (Phi) is 4.53. The van der Waals surface area contributed by atoms with E-state index in [9.17, 15) is 9.90 Å². The van der Waals surface area contributed by atoms with E-state index in [4.69, 9.17) is 0 Å². The van der Waals surface area contributed by atoms with Gasteiger partial charge in [0.25, 0.3) is 0 Å². The molecule has 3 heterocycles. The first-order valence-electron chi connectivity index (χ1n) is 8.79. The molecule has 134 valence electrons. The highest BCUT2D eigenvalue weighted by atomic mass is 16.4. The summed E-state index contributed by atoms with van der Waals surface area (Å²) >= 11 is 0. The van der Waals surface area contributed by atoms with Crippen molar-refractivity contribution in [1.82, 2.24) is 19.9 Å². The molecule has 2 N–H and O–H groups in total. The number of aromatic nitrogens is 3. The molecule has 0 bridgehead atoms. The second kappa shape index (κ2) is 7.13. The summed E-state index contributed by atoms with van der Waals surface area (Å²) in [7, 11) is 0. The molecule has 4 rings (SSSR count). The van der Waals surface area contributed by atoms with Gasteiger partial charge < -0.3 is 15.0 Å². The molecule has 2 aromatic heterocycles. The third kappa shape index (κ3) is 3.13. The van der Waals surface area contributed by atoms with E-state index in [1.807, 2.05) is 35.4 Å². The van der Waals surface area contributed by atoms with E-state index in [0.29, 0.717) is 19.0 Å². The lowest BCUT2D eigenvalue weighted by Crippen LogP contribution is -2.37. The van der Waals surface area contributed by atoms with Crippen LogP contribution in [0.15, 0.2) is 48.9 Å². The number of carboxylic acid groups (broad SMARTS) is 1. The molecular formula is C19H21N5O2. The molecule has 0 aliphatic carbocycles. The number of anilines is 1. The first-order valence-corrected chi connectivity index (χ1v) is 8.79. The Labute approximate surface area is 151 Å². The van der Waals surface area contributed by atoms with Crippen LogP contribution in [0.1, 0.15) is 18.0 Å². The van der Waals surface area contributed by atoms with Crippen molar-refractivity contribution in [2.45, 2.75) is 12.5 Å². The summed E-state index contributed by atoms with van der Waals surface area (Å²) in [5, 5.41) is 10.9.